The summed E-state index contributed by atoms with van der Waals surface area (Å²) in [6.45, 7) is 0. The second kappa shape index (κ2) is 1.88. The molecule has 1 aliphatic heterocycles. The van der Waals surface area contributed by atoms with E-state index in [0.29, 0.717) is 5.75 Å². The molecule has 0 radical (unpaired) electrons. The van der Waals surface area contributed by atoms with E-state index in [1.54, 1.807) is 6.07 Å². The van der Waals surface area contributed by atoms with Crippen LogP contribution in [0.1, 0.15) is 0 Å². The van der Waals surface area contributed by atoms with E-state index >= 15 is 0 Å². The summed E-state index contributed by atoms with van der Waals surface area (Å²) in [6, 6.07) is 7.40. The van der Waals surface area contributed by atoms with E-state index in [0.717, 1.165) is 5.69 Å². The number of rotatable bonds is 0. The van der Waals surface area contributed by atoms with Crippen molar-refractivity contribution in [3.63, 3.8) is 0 Å². The number of hydrogen-bond donors (Lipinski definition) is 2. The van der Waals surface area contributed by atoms with Gasteiger partial charge in [-0.2, -0.15) is 0 Å². The maximum absolute atomic E-state index is 8.92. The van der Waals surface area contributed by atoms with Gasteiger partial charge in [0.2, 0.25) is 0 Å². The SMILES string of the molecule is OC1Nc2ccccc2O1. The molecule has 3 nitrogen and oxygen atoms in total. The number of hydrogen-bond acceptors (Lipinski definition) is 3. The summed E-state index contributed by atoms with van der Waals surface area (Å²) in [7, 11) is 0. The Hall–Kier alpha value is -1.22. The number of benzene rings is 1. The zero-order valence-corrected chi connectivity index (χ0v) is 5.24. The molecule has 1 atom stereocenters. The first-order valence-corrected chi connectivity index (χ1v) is 3.06. The summed E-state index contributed by atoms with van der Waals surface area (Å²) >= 11 is 0. The van der Waals surface area contributed by atoms with Crippen LogP contribution in [-0.2, 0) is 0 Å². The van der Waals surface area contributed by atoms with Crippen LogP contribution >= 0.6 is 0 Å². The third-order valence-corrected chi connectivity index (χ3v) is 1.40. The van der Waals surface area contributed by atoms with Crippen molar-refractivity contribution in [3.8, 4) is 5.75 Å². The molecule has 1 unspecified atom stereocenters. The lowest BCUT2D eigenvalue weighted by Gasteiger charge is -1.99. The lowest BCUT2D eigenvalue weighted by molar-refractivity contribution is 0.0211. The van der Waals surface area contributed by atoms with Crippen molar-refractivity contribution in [1.82, 2.24) is 0 Å². The molecular formula is C7H7NO2. The van der Waals surface area contributed by atoms with Gasteiger partial charge in [0.05, 0.1) is 5.69 Å². The maximum Gasteiger partial charge on any atom is 0.279 e. The smallest absolute Gasteiger partial charge is 0.279 e. The molecule has 0 saturated carbocycles. The summed E-state index contributed by atoms with van der Waals surface area (Å²) in [4.78, 5) is 0. The summed E-state index contributed by atoms with van der Waals surface area (Å²) in [5.74, 6) is 0.704. The summed E-state index contributed by atoms with van der Waals surface area (Å²) < 4.78 is 4.95. The highest BCUT2D eigenvalue weighted by Crippen LogP contribution is 2.29. The minimum Gasteiger partial charge on any atom is -0.445 e. The predicted molar refractivity (Wildman–Crippen MR) is 36.7 cm³/mol. The minimum absolute atomic E-state index is 0.704. The standard InChI is InChI=1S/C7H7NO2/c9-7-8-5-3-1-2-4-6(5)10-7/h1-4,7-9H. The van der Waals surface area contributed by atoms with E-state index in [1.807, 2.05) is 18.2 Å². The highest BCUT2D eigenvalue weighted by Gasteiger charge is 2.16. The van der Waals surface area contributed by atoms with Crippen LogP contribution in [0.4, 0.5) is 5.69 Å². The monoisotopic (exact) mass is 137 g/mol. The van der Waals surface area contributed by atoms with Crippen molar-refractivity contribution in [2.75, 3.05) is 5.32 Å². The maximum atomic E-state index is 8.92. The first-order valence-electron chi connectivity index (χ1n) is 3.06. The molecule has 3 heteroatoms. The normalized spacial score (nSPS) is 21.1. The fraction of sp³-hybridized carbons (Fsp3) is 0.143. The number of aliphatic hydroxyl groups is 1. The lowest BCUT2D eigenvalue weighted by Crippen LogP contribution is -2.17. The van der Waals surface area contributed by atoms with Gasteiger partial charge < -0.3 is 15.2 Å². The summed E-state index contributed by atoms with van der Waals surface area (Å²) in [5.41, 5.74) is 0.843. The fourth-order valence-electron chi connectivity index (χ4n) is 0.971. The van der Waals surface area contributed by atoms with Gasteiger partial charge >= 0.3 is 0 Å². The Morgan fingerprint density at radius 2 is 2.20 bits per heavy atom. The Morgan fingerprint density at radius 1 is 1.40 bits per heavy atom. The Morgan fingerprint density at radius 3 is 3.00 bits per heavy atom. The highest BCUT2D eigenvalue weighted by molar-refractivity contribution is 5.58. The van der Waals surface area contributed by atoms with Crippen molar-refractivity contribution in [3.05, 3.63) is 24.3 Å². The van der Waals surface area contributed by atoms with Crippen LogP contribution in [0, 0.1) is 0 Å². The number of fused-ring (bicyclic) bond motifs is 1. The molecular weight excluding hydrogens is 130 g/mol. The molecule has 1 aromatic rings. The van der Waals surface area contributed by atoms with Crippen molar-refractivity contribution < 1.29 is 9.84 Å². The molecule has 0 spiro atoms. The van der Waals surface area contributed by atoms with Crippen molar-refractivity contribution >= 4 is 5.69 Å². The van der Waals surface area contributed by atoms with Crippen LogP contribution in [0.2, 0.25) is 0 Å². The molecule has 1 aromatic carbocycles. The number of aliphatic hydroxyl groups excluding tert-OH is 1. The van der Waals surface area contributed by atoms with Gasteiger partial charge in [-0.15, -0.1) is 0 Å². The first-order chi connectivity index (χ1) is 4.86. The molecule has 1 heterocycles. The Kier molecular flexibility index (Phi) is 1.05. The third-order valence-electron chi connectivity index (χ3n) is 1.40. The van der Waals surface area contributed by atoms with Gasteiger partial charge in [-0.3, -0.25) is 0 Å². The largest absolute Gasteiger partial charge is 0.445 e. The molecule has 2 rings (SSSR count). The van der Waals surface area contributed by atoms with Crippen LogP contribution in [0.3, 0.4) is 0 Å². The van der Waals surface area contributed by atoms with Gasteiger partial charge in [0.15, 0.2) is 0 Å². The van der Waals surface area contributed by atoms with Crippen molar-refractivity contribution in [2.45, 2.75) is 6.41 Å². The van der Waals surface area contributed by atoms with Gasteiger partial charge in [-0.25, -0.2) is 0 Å². The molecule has 0 fully saturated rings. The predicted octanol–water partition coefficient (Wildman–Crippen LogP) is 0.767. The van der Waals surface area contributed by atoms with E-state index < -0.39 is 6.41 Å². The van der Waals surface area contributed by atoms with E-state index in [1.165, 1.54) is 0 Å². The van der Waals surface area contributed by atoms with E-state index in [4.69, 9.17) is 9.84 Å². The van der Waals surface area contributed by atoms with Crippen molar-refractivity contribution in [1.29, 1.82) is 0 Å². The topological polar surface area (TPSA) is 41.5 Å². The van der Waals surface area contributed by atoms with E-state index in [-0.39, 0.29) is 0 Å². The quantitative estimate of drug-likeness (QED) is 0.554. The molecule has 0 aliphatic carbocycles. The van der Waals surface area contributed by atoms with Gasteiger partial charge in [-0.1, -0.05) is 12.1 Å². The Balaban J connectivity index is 2.42. The summed E-state index contributed by atoms with van der Waals surface area (Å²) in [6.07, 6.45) is -0.877. The Bertz CT molecular complexity index is 224. The molecule has 2 N–H and O–H groups in total. The fourth-order valence-corrected chi connectivity index (χ4v) is 0.971. The zero-order chi connectivity index (χ0) is 6.97. The second-order valence-corrected chi connectivity index (χ2v) is 2.11. The van der Waals surface area contributed by atoms with Gasteiger partial charge in [-0.05, 0) is 12.1 Å². The van der Waals surface area contributed by atoms with Crippen LogP contribution in [0.5, 0.6) is 5.75 Å². The van der Waals surface area contributed by atoms with Crippen LogP contribution in [0.25, 0.3) is 0 Å². The lowest BCUT2D eigenvalue weighted by atomic mass is 10.3. The number of nitrogens with one attached hydrogen (secondary N) is 1. The Labute approximate surface area is 58.2 Å². The first kappa shape index (κ1) is 5.56. The van der Waals surface area contributed by atoms with E-state index in [9.17, 15) is 0 Å². The van der Waals surface area contributed by atoms with Gasteiger partial charge in [0, 0.05) is 0 Å². The molecule has 0 amide bonds. The van der Waals surface area contributed by atoms with Crippen LogP contribution in [0.15, 0.2) is 24.3 Å². The molecule has 10 heavy (non-hydrogen) atoms. The minimum atomic E-state index is -0.877. The molecule has 0 aromatic heterocycles. The van der Waals surface area contributed by atoms with Gasteiger partial charge in [0.25, 0.3) is 6.41 Å². The number of para-hydroxylation sites is 2. The van der Waals surface area contributed by atoms with Crippen LogP contribution < -0.4 is 10.1 Å². The molecule has 1 aliphatic rings. The number of ether oxygens (including phenoxy) is 1. The average Bonchev–Trinajstić information content (AvgIpc) is 2.27. The average molecular weight is 137 g/mol. The molecule has 0 saturated heterocycles. The zero-order valence-electron chi connectivity index (χ0n) is 5.24. The third kappa shape index (κ3) is 0.717. The second-order valence-electron chi connectivity index (χ2n) is 2.11. The molecule has 52 valence electrons. The van der Waals surface area contributed by atoms with E-state index in [2.05, 4.69) is 5.32 Å². The molecule has 0 bridgehead atoms. The van der Waals surface area contributed by atoms with Gasteiger partial charge in [0.1, 0.15) is 5.75 Å². The van der Waals surface area contributed by atoms with Crippen molar-refractivity contribution in [2.24, 2.45) is 0 Å². The summed E-state index contributed by atoms with van der Waals surface area (Å²) in [5, 5.41) is 11.6. The number of anilines is 1. The highest BCUT2D eigenvalue weighted by atomic mass is 16.6. The van der Waals surface area contributed by atoms with Crippen LogP contribution in [-0.4, -0.2) is 11.5 Å².